The molecule has 3 heteroatoms. The Morgan fingerprint density at radius 3 is 2.93 bits per heavy atom. The summed E-state index contributed by atoms with van der Waals surface area (Å²) in [5, 5.41) is 11.7. The number of rotatable bonds is 2. The van der Waals surface area contributed by atoms with Crippen LogP contribution >= 0.6 is 0 Å². The van der Waals surface area contributed by atoms with E-state index in [1.54, 1.807) is 19.1 Å². The third kappa shape index (κ3) is 2.53. The normalized spacial score (nSPS) is 11.4. The van der Waals surface area contributed by atoms with Crippen molar-refractivity contribution in [2.45, 2.75) is 13.0 Å². The van der Waals surface area contributed by atoms with E-state index in [2.05, 4.69) is 11.2 Å². The van der Waals surface area contributed by atoms with E-state index < -0.39 is 0 Å². The average molecular weight is 189 g/mol. The van der Waals surface area contributed by atoms with Crippen molar-refractivity contribution >= 4 is 5.91 Å². The zero-order valence-corrected chi connectivity index (χ0v) is 7.82. The highest BCUT2D eigenvalue weighted by molar-refractivity contribution is 5.94. The van der Waals surface area contributed by atoms with Gasteiger partial charge in [0.25, 0.3) is 5.91 Å². The number of carbonyl (C=O) groups is 1. The molecule has 0 fully saturated rings. The number of nitrogens with one attached hydrogen (secondary N) is 1. The third-order valence-corrected chi connectivity index (χ3v) is 1.71. The highest BCUT2D eigenvalue weighted by atomic mass is 16.3. The molecule has 1 amide bonds. The number of benzene rings is 1. The van der Waals surface area contributed by atoms with Crippen molar-refractivity contribution in [1.29, 1.82) is 0 Å². The van der Waals surface area contributed by atoms with Crippen LogP contribution in [0.2, 0.25) is 0 Å². The lowest BCUT2D eigenvalue weighted by Gasteiger charge is -2.07. The van der Waals surface area contributed by atoms with Crippen LogP contribution in [0.4, 0.5) is 0 Å². The van der Waals surface area contributed by atoms with Crippen LogP contribution < -0.4 is 5.32 Å². The van der Waals surface area contributed by atoms with E-state index in [0.29, 0.717) is 5.56 Å². The number of hydrogen-bond donors (Lipinski definition) is 2. The van der Waals surface area contributed by atoms with E-state index in [1.165, 1.54) is 12.1 Å². The van der Waals surface area contributed by atoms with Crippen LogP contribution in [0.15, 0.2) is 24.3 Å². The molecule has 72 valence electrons. The minimum atomic E-state index is -0.315. The maximum absolute atomic E-state index is 11.4. The molecule has 0 spiro atoms. The van der Waals surface area contributed by atoms with E-state index in [0.717, 1.165) is 0 Å². The summed E-state index contributed by atoms with van der Waals surface area (Å²) in [7, 11) is 0. The van der Waals surface area contributed by atoms with Gasteiger partial charge in [-0.1, -0.05) is 12.0 Å². The van der Waals surface area contributed by atoms with Crippen molar-refractivity contribution in [3.05, 3.63) is 29.8 Å². The maximum Gasteiger partial charge on any atom is 0.252 e. The summed E-state index contributed by atoms with van der Waals surface area (Å²) in [6, 6.07) is 5.79. The van der Waals surface area contributed by atoms with Crippen LogP contribution in [0.1, 0.15) is 17.3 Å². The molecule has 0 bridgehead atoms. The molecule has 0 radical (unpaired) electrons. The molecular weight excluding hydrogens is 178 g/mol. The zero-order chi connectivity index (χ0) is 10.6. The number of amides is 1. The largest absolute Gasteiger partial charge is 0.508 e. The first kappa shape index (κ1) is 10.1. The molecule has 0 saturated carbocycles. The van der Waals surface area contributed by atoms with E-state index in [4.69, 9.17) is 11.5 Å². The minimum Gasteiger partial charge on any atom is -0.508 e. The van der Waals surface area contributed by atoms with Gasteiger partial charge in [-0.3, -0.25) is 4.79 Å². The first-order valence-corrected chi connectivity index (χ1v) is 4.19. The van der Waals surface area contributed by atoms with Crippen LogP contribution in [0.5, 0.6) is 5.75 Å². The Morgan fingerprint density at radius 1 is 1.64 bits per heavy atom. The fraction of sp³-hybridized carbons (Fsp3) is 0.182. The number of aromatic hydroxyl groups is 1. The second-order valence-corrected chi connectivity index (χ2v) is 2.91. The molecule has 3 nitrogen and oxygen atoms in total. The standard InChI is InChI=1S/C11H11NO2/c1-3-8(2)12-11(14)9-5-4-6-10(13)7-9/h1,4-8,13H,2H3,(H,12,14). The monoisotopic (exact) mass is 189 g/mol. The van der Waals surface area contributed by atoms with Crippen LogP contribution in [0.25, 0.3) is 0 Å². The molecule has 1 unspecified atom stereocenters. The van der Waals surface area contributed by atoms with Gasteiger partial charge in [0.1, 0.15) is 5.75 Å². The minimum absolute atomic E-state index is 0.0611. The van der Waals surface area contributed by atoms with Crippen LogP contribution in [-0.4, -0.2) is 17.1 Å². The van der Waals surface area contributed by atoms with Crippen LogP contribution in [0.3, 0.4) is 0 Å². The van der Waals surface area contributed by atoms with Gasteiger partial charge in [-0.25, -0.2) is 0 Å². The fourth-order valence-electron chi connectivity index (χ4n) is 0.969. The van der Waals surface area contributed by atoms with E-state index in [1.807, 2.05) is 0 Å². The Bertz CT molecular complexity index is 379. The van der Waals surface area contributed by atoms with Crippen molar-refractivity contribution in [3.63, 3.8) is 0 Å². The number of hydrogen-bond acceptors (Lipinski definition) is 2. The molecule has 0 heterocycles. The Kier molecular flexibility index (Phi) is 3.14. The van der Waals surface area contributed by atoms with E-state index in [9.17, 15) is 4.79 Å². The Morgan fingerprint density at radius 2 is 2.36 bits per heavy atom. The Hall–Kier alpha value is -1.95. The molecule has 0 aliphatic rings. The van der Waals surface area contributed by atoms with Gasteiger partial charge in [0.15, 0.2) is 0 Å². The summed E-state index contributed by atoms with van der Waals surface area (Å²) in [4.78, 5) is 11.4. The molecule has 0 aliphatic heterocycles. The average Bonchev–Trinajstić information content (AvgIpc) is 2.17. The summed E-state index contributed by atoms with van der Waals surface area (Å²) in [5.41, 5.74) is 0.395. The quantitative estimate of drug-likeness (QED) is 0.685. The Labute approximate surface area is 82.8 Å². The summed E-state index contributed by atoms with van der Waals surface area (Å²) in [6.07, 6.45) is 5.11. The molecule has 14 heavy (non-hydrogen) atoms. The number of phenols is 1. The van der Waals surface area contributed by atoms with Gasteiger partial charge in [-0.15, -0.1) is 6.42 Å². The first-order valence-electron chi connectivity index (χ1n) is 4.19. The smallest absolute Gasteiger partial charge is 0.252 e. The van der Waals surface area contributed by atoms with Crippen LogP contribution in [-0.2, 0) is 0 Å². The summed E-state index contributed by atoms with van der Waals surface area (Å²) < 4.78 is 0. The van der Waals surface area contributed by atoms with Gasteiger partial charge in [0, 0.05) is 5.56 Å². The lowest BCUT2D eigenvalue weighted by atomic mass is 10.2. The summed E-state index contributed by atoms with van der Waals surface area (Å²) in [5.74, 6) is 2.16. The second-order valence-electron chi connectivity index (χ2n) is 2.91. The van der Waals surface area contributed by atoms with Gasteiger partial charge >= 0.3 is 0 Å². The zero-order valence-electron chi connectivity index (χ0n) is 7.82. The predicted molar refractivity (Wildman–Crippen MR) is 53.9 cm³/mol. The number of phenolic OH excluding ortho intramolecular Hbond substituents is 1. The molecule has 1 atom stereocenters. The maximum atomic E-state index is 11.4. The lowest BCUT2D eigenvalue weighted by molar-refractivity contribution is 0.0948. The molecule has 0 aliphatic carbocycles. The molecule has 0 saturated heterocycles. The lowest BCUT2D eigenvalue weighted by Crippen LogP contribution is -2.31. The molecular formula is C11H11NO2. The van der Waals surface area contributed by atoms with Gasteiger partial charge in [0.05, 0.1) is 6.04 Å². The molecule has 2 N–H and O–H groups in total. The fourth-order valence-corrected chi connectivity index (χ4v) is 0.969. The highest BCUT2D eigenvalue weighted by Crippen LogP contribution is 2.10. The molecule has 0 aromatic heterocycles. The summed E-state index contributed by atoms with van der Waals surface area (Å²) >= 11 is 0. The van der Waals surface area contributed by atoms with Crippen molar-refractivity contribution in [2.75, 3.05) is 0 Å². The number of carbonyl (C=O) groups excluding carboxylic acids is 1. The van der Waals surface area contributed by atoms with Gasteiger partial charge < -0.3 is 10.4 Å². The topological polar surface area (TPSA) is 49.3 Å². The van der Waals surface area contributed by atoms with Crippen LogP contribution in [0, 0.1) is 12.3 Å². The predicted octanol–water partition coefficient (Wildman–Crippen LogP) is 1.14. The first-order chi connectivity index (χ1) is 6.63. The van der Waals surface area contributed by atoms with Crippen molar-refractivity contribution < 1.29 is 9.90 Å². The third-order valence-electron chi connectivity index (χ3n) is 1.71. The van der Waals surface area contributed by atoms with Gasteiger partial charge in [0.2, 0.25) is 0 Å². The van der Waals surface area contributed by atoms with Crippen molar-refractivity contribution in [2.24, 2.45) is 0 Å². The molecule has 1 aromatic rings. The molecule has 1 aromatic carbocycles. The highest BCUT2D eigenvalue weighted by Gasteiger charge is 2.07. The van der Waals surface area contributed by atoms with E-state index in [-0.39, 0.29) is 17.7 Å². The Balaban J connectivity index is 2.76. The SMILES string of the molecule is C#CC(C)NC(=O)c1cccc(O)c1. The van der Waals surface area contributed by atoms with Crippen molar-refractivity contribution in [1.82, 2.24) is 5.32 Å². The van der Waals surface area contributed by atoms with E-state index >= 15 is 0 Å². The van der Waals surface area contributed by atoms with Crippen molar-refractivity contribution in [3.8, 4) is 18.1 Å². The van der Waals surface area contributed by atoms with Gasteiger partial charge in [-0.05, 0) is 25.1 Å². The summed E-state index contributed by atoms with van der Waals surface area (Å²) in [6.45, 7) is 1.71. The van der Waals surface area contributed by atoms with Gasteiger partial charge in [-0.2, -0.15) is 0 Å². The molecule has 1 rings (SSSR count). The second kappa shape index (κ2) is 4.33. The number of terminal acetylenes is 1.